The molecule has 0 radical (unpaired) electrons. The predicted octanol–water partition coefficient (Wildman–Crippen LogP) is 2.09. The lowest BCUT2D eigenvalue weighted by molar-refractivity contribution is -0.119. The van der Waals surface area contributed by atoms with Gasteiger partial charge in [0.05, 0.1) is 10.7 Å². The van der Waals surface area contributed by atoms with Crippen LogP contribution in [-0.2, 0) is 11.3 Å². The molecule has 0 aliphatic carbocycles. The zero-order chi connectivity index (χ0) is 13.3. The van der Waals surface area contributed by atoms with E-state index in [2.05, 4.69) is 27.5 Å². The second-order valence-electron chi connectivity index (χ2n) is 5.82. The lowest BCUT2D eigenvalue weighted by Gasteiger charge is -2.27. The Morgan fingerprint density at radius 3 is 3.00 bits per heavy atom. The second-order valence-corrected chi connectivity index (χ2v) is 6.88. The van der Waals surface area contributed by atoms with E-state index in [0.29, 0.717) is 6.42 Å². The van der Waals surface area contributed by atoms with E-state index in [9.17, 15) is 4.79 Å². The summed E-state index contributed by atoms with van der Waals surface area (Å²) in [5, 5.41) is 6.52. The molecule has 3 heterocycles. The maximum Gasteiger partial charge on any atom is 0.220 e. The van der Waals surface area contributed by atoms with Gasteiger partial charge in [0.2, 0.25) is 5.91 Å². The number of thiazole rings is 1. The van der Waals surface area contributed by atoms with Gasteiger partial charge in [-0.25, -0.2) is 4.98 Å². The lowest BCUT2D eigenvalue weighted by atomic mass is 9.89. The molecular formula is C14H21N3OS. The van der Waals surface area contributed by atoms with Crippen LogP contribution in [0.3, 0.4) is 0 Å². The van der Waals surface area contributed by atoms with Crippen molar-refractivity contribution < 1.29 is 4.79 Å². The Hall–Kier alpha value is -0.940. The van der Waals surface area contributed by atoms with Crippen LogP contribution in [0.1, 0.15) is 42.8 Å². The summed E-state index contributed by atoms with van der Waals surface area (Å²) in [7, 11) is 0. The van der Waals surface area contributed by atoms with E-state index in [0.717, 1.165) is 43.9 Å². The number of likely N-dealkylation sites (tertiary alicyclic amines) is 1. The Morgan fingerprint density at radius 1 is 1.42 bits per heavy atom. The van der Waals surface area contributed by atoms with Crippen molar-refractivity contribution in [1.82, 2.24) is 15.2 Å². The molecule has 1 atom stereocenters. The maximum absolute atomic E-state index is 11.5. The SMILES string of the molecule is Cc1nc(CN2CCC[C@]3(CCC(=O)N3)CC2)cs1. The fourth-order valence-electron chi connectivity index (χ4n) is 3.27. The average Bonchev–Trinajstić information content (AvgIpc) is 2.87. The predicted molar refractivity (Wildman–Crippen MR) is 76.1 cm³/mol. The molecule has 2 aliphatic rings. The van der Waals surface area contributed by atoms with Crippen LogP contribution in [0.15, 0.2) is 5.38 Å². The minimum Gasteiger partial charge on any atom is -0.351 e. The first-order valence-corrected chi connectivity index (χ1v) is 7.98. The highest BCUT2D eigenvalue weighted by Gasteiger charge is 2.38. The van der Waals surface area contributed by atoms with Crippen LogP contribution < -0.4 is 5.32 Å². The Bertz CT molecular complexity index is 473. The van der Waals surface area contributed by atoms with Crippen molar-refractivity contribution in [1.29, 1.82) is 0 Å². The van der Waals surface area contributed by atoms with Gasteiger partial charge in [-0.3, -0.25) is 9.69 Å². The molecular weight excluding hydrogens is 258 g/mol. The molecule has 1 spiro atoms. The third kappa shape index (κ3) is 2.98. The Morgan fingerprint density at radius 2 is 2.32 bits per heavy atom. The average molecular weight is 279 g/mol. The van der Waals surface area contributed by atoms with Crippen LogP contribution in [0.25, 0.3) is 0 Å². The summed E-state index contributed by atoms with van der Waals surface area (Å²) in [6.45, 7) is 5.19. The monoisotopic (exact) mass is 279 g/mol. The molecule has 1 N–H and O–H groups in total. The van der Waals surface area contributed by atoms with E-state index in [1.54, 1.807) is 11.3 Å². The minimum atomic E-state index is 0.101. The smallest absolute Gasteiger partial charge is 0.220 e. The van der Waals surface area contributed by atoms with Gasteiger partial charge in [-0.1, -0.05) is 0 Å². The maximum atomic E-state index is 11.5. The van der Waals surface area contributed by atoms with Crippen molar-refractivity contribution in [3.63, 3.8) is 0 Å². The Kier molecular flexibility index (Phi) is 3.58. The highest BCUT2D eigenvalue weighted by atomic mass is 32.1. The van der Waals surface area contributed by atoms with Gasteiger partial charge in [0.15, 0.2) is 0 Å². The number of hydrogen-bond donors (Lipinski definition) is 1. The summed E-state index contributed by atoms with van der Waals surface area (Å²) in [5.41, 5.74) is 1.29. The molecule has 1 amide bonds. The largest absolute Gasteiger partial charge is 0.351 e. The van der Waals surface area contributed by atoms with E-state index < -0.39 is 0 Å². The minimum absolute atomic E-state index is 0.101. The van der Waals surface area contributed by atoms with Crippen LogP contribution in [0.5, 0.6) is 0 Å². The van der Waals surface area contributed by atoms with Gasteiger partial charge < -0.3 is 5.32 Å². The second kappa shape index (κ2) is 5.21. The lowest BCUT2D eigenvalue weighted by Crippen LogP contribution is -2.42. The first-order valence-electron chi connectivity index (χ1n) is 7.10. The number of carbonyl (C=O) groups is 1. The molecule has 5 heteroatoms. The molecule has 0 bridgehead atoms. The van der Waals surface area contributed by atoms with Gasteiger partial charge in [-0.2, -0.15) is 0 Å². The number of rotatable bonds is 2. The third-order valence-corrected chi connectivity index (χ3v) is 5.15. The Balaban J connectivity index is 1.60. The number of nitrogens with one attached hydrogen (secondary N) is 1. The molecule has 3 rings (SSSR count). The molecule has 1 aromatic heterocycles. The molecule has 2 aliphatic heterocycles. The van der Waals surface area contributed by atoms with Crippen molar-refractivity contribution in [2.24, 2.45) is 0 Å². The molecule has 4 nitrogen and oxygen atoms in total. The van der Waals surface area contributed by atoms with Gasteiger partial charge in [0.1, 0.15) is 0 Å². The molecule has 0 saturated carbocycles. The highest BCUT2D eigenvalue weighted by Crippen LogP contribution is 2.31. The van der Waals surface area contributed by atoms with Crippen molar-refractivity contribution in [3.8, 4) is 0 Å². The molecule has 2 saturated heterocycles. The van der Waals surface area contributed by atoms with Crippen LogP contribution >= 0.6 is 11.3 Å². The number of aryl methyl sites for hydroxylation is 1. The van der Waals surface area contributed by atoms with E-state index in [1.165, 1.54) is 12.1 Å². The number of carbonyl (C=O) groups excluding carboxylic acids is 1. The molecule has 104 valence electrons. The van der Waals surface area contributed by atoms with Crippen molar-refractivity contribution in [2.45, 2.75) is 51.1 Å². The first-order chi connectivity index (χ1) is 9.15. The molecule has 0 aromatic carbocycles. The van der Waals surface area contributed by atoms with Crippen LogP contribution in [0.4, 0.5) is 0 Å². The van der Waals surface area contributed by atoms with Crippen molar-refractivity contribution in [3.05, 3.63) is 16.1 Å². The topological polar surface area (TPSA) is 45.2 Å². The quantitative estimate of drug-likeness (QED) is 0.901. The van der Waals surface area contributed by atoms with Crippen LogP contribution in [0.2, 0.25) is 0 Å². The number of aromatic nitrogens is 1. The number of nitrogens with zero attached hydrogens (tertiary/aromatic N) is 2. The molecule has 19 heavy (non-hydrogen) atoms. The van der Waals surface area contributed by atoms with Gasteiger partial charge in [0, 0.05) is 30.4 Å². The summed E-state index contributed by atoms with van der Waals surface area (Å²) in [6, 6.07) is 0. The van der Waals surface area contributed by atoms with E-state index in [-0.39, 0.29) is 11.4 Å². The van der Waals surface area contributed by atoms with Crippen LogP contribution in [-0.4, -0.2) is 34.4 Å². The Labute approximate surface area is 118 Å². The third-order valence-electron chi connectivity index (χ3n) is 4.32. The summed E-state index contributed by atoms with van der Waals surface area (Å²) < 4.78 is 0. The van der Waals surface area contributed by atoms with Gasteiger partial charge >= 0.3 is 0 Å². The zero-order valence-corrected chi connectivity index (χ0v) is 12.3. The van der Waals surface area contributed by atoms with Gasteiger partial charge in [-0.15, -0.1) is 11.3 Å². The summed E-state index contributed by atoms with van der Waals surface area (Å²) in [5.74, 6) is 0.239. The number of amides is 1. The summed E-state index contributed by atoms with van der Waals surface area (Å²) in [4.78, 5) is 18.5. The van der Waals surface area contributed by atoms with Crippen molar-refractivity contribution in [2.75, 3.05) is 13.1 Å². The van der Waals surface area contributed by atoms with Gasteiger partial charge in [0.25, 0.3) is 0 Å². The molecule has 0 unspecified atom stereocenters. The normalized spacial score (nSPS) is 28.6. The van der Waals surface area contributed by atoms with E-state index >= 15 is 0 Å². The fraction of sp³-hybridized carbons (Fsp3) is 0.714. The highest BCUT2D eigenvalue weighted by molar-refractivity contribution is 7.09. The molecule has 2 fully saturated rings. The standard InChI is InChI=1S/C14H21N3OS/c1-11-15-12(10-19-11)9-17-7-2-4-14(6-8-17)5-3-13(18)16-14/h10H,2-9H2,1H3,(H,16,18)/t14-/m0/s1. The first kappa shape index (κ1) is 13.1. The van der Waals surface area contributed by atoms with Crippen LogP contribution in [0, 0.1) is 6.92 Å². The van der Waals surface area contributed by atoms with Gasteiger partial charge in [-0.05, 0) is 39.2 Å². The zero-order valence-electron chi connectivity index (χ0n) is 11.4. The van der Waals surface area contributed by atoms with Crippen molar-refractivity contribution >= 4 is 17.2 Å². The van der Waals surface area contributed by atoms with E-state index in [1.807, 2.05) is 0 Å². The fourth-order valence-corrected chi connectivity index (χ4v) is 3.87. The summed E-state index contributed by atoms with van der Waals surface area (Å²) in [6.07, 6.45) is 5.12. The summed E-state index contributed by atoms with van der Waals surface area (Å²) >= 11 is 1.72. The number of hydrogen-bond acceptors (Lipinski definition) is 4. The molecule has 1 aromatic rings. The van der Waals surface area contributed by atoms with E-state index in [4.69, 9.17) is 0 Å².